The van der Waals surface area contributed by atoms with Crippen LogP contribution in [0.3, 0.4) is 0 Å². The summed E-state index contributed by atoms with van der Waals surface area (Å²) >= 11 is 0. The Morgan fingerprint density at radius 3 is 0.701 bits per heavy atom. The van der Waals surface area contributed by atoms with Crippen LogP contribution in [0.25, 0.3) is 0 Å². The van der Waals surface area contributed by atoms with Crippen LogP contribution < -0.4 is 0 Å². The van der Waals surface area contributed by atoms with Crippen LogP contribution >= 0.6 is 15.6 Å². The molecule has 97 heavy (non-hydrogen) atoms. The fourth-order valence-corrected chi connectivity index (χ4v) is 13.5. The van der Waals surface area contributed by atoms with E-state index < -0.39 is 97.5 Å². The highest BCUT2D eigenvalue weighted by Crippen LogP contribution is 2.45. The normalized spacial score (nSPS) is 14.0. The van der Waals surface area contributed by atoms with Crippen molar-refractivity contribution < 1.29 is 80.2 Å². The van der Waals surface area contributed by atoms with Crippen LogP contribution in [-0.2, 0) is 65.4 Å². The van der Waals surface area contributed by atoms with Crippen molar-refractivity contribution >= 4 is 39.5 Å². The van der Waals surface area contributed by atoms with Gasteiger partial charge in [0.1, 0.15) is 19.3 Å². The second-order valence-corrected chi connectivity index (χ2v) is 32.4. The highest BCUT2D eigenvalue weighted by Gasteiger charge is 2.30. The van der Waals surface area contributed by atoms with Gasteiger partial charge in [0.15, 0.2) is 12.2 Å². The summed E-state index contributed by atoms with van der Waals surface area (Å²) in [4.78, 5) is 72.7. The third kappa shape index (κ3) is 72.2. The van der Waals surface area contributed by atoms with Gasteiger partial charge < -0.3 is 33.8 Å². The Labute approximate surface area is 594 Å². The number of phosphoric acid groups is 2. The lowest BCUT2D eigenvalue weighted by Gasteiger charge is -2.21. The first-order valence-electron chi connectivity index (χ1n) is 40.3. The van der Waals surface area contributed by atoms with Crippen LogP contribution in [0.15, 0.2) is 0 Å². The molecular weight excluding hydrogens is 1270 g/mol. The number of unbranched alkanes of at least 4 members (excludes halogenated alkanes) is 44. The zero-order valence-electron chi connectivity index (χ0n) is 63.5. The van der Waals surface area contributed by atoms with Gasteiger partial charge in [-0.05, 0) is 43.4 Å². The van der Waals surface area contributed by atoms with E-state index in [0.29, 0.717) is 31.6 Å². The molecule has 0 aromatic heterocycles. The molecule has 0 saturated carbocycles. The first-order valence-corrected chi connectivity index (χ1v) is 43.3. The first kappa shape index (κ1) is 95.1. The zero-order valence-corrected chi connectivity index (χ0v) is 65.3. The Balaban J connectivity index is 5.17. The maximum absolute atomic E-state index is 13.1. The molecule has 17 nitrogen and oxygen atoms in total. The Morgan fingerprint density at radius 1 is 0.278 bits per heavy atom. The fourth-order valence-electron chi connectivity index (χ4n) is 12.0. The number of carbonyl (C=O) groups is 4. The molecule has 0 heterocycles. The number of hydrogen-bond acceptors (Lipinski definition) is 15. The largest absolute Gasteiger partial charge is 0.472 e. The Morgan fingerprint density at radius 2 is 0.474 bits per heavy atom. The van der Waals surface area contributed by atoms with E-state index in [1.807, 2.05) is 0 Å². The molecule has 0 spiro atoms. The number of hydrogen-bond donors (Lipinski definition) is 3. The number of aliphatic hydroxyl groups excluding tert-OH is 1. The van der Waals surface area contributed by atoms with E-state index in [9.17, 15) is 43.2 Å². The van der Waals surface area contributed by atoms with Crippen molar-refractivity contribution in [2.45, 2.75) is 420 Å². The van der Waals surface area contributed by atoms with Gasteiger partial charge in [-0.3, -0.25) is 37.3 Å². The summed E-state index contributed by atoms with van der Waals surface area (Å²) in [6, 6.07) is 0. The average Bonchev–Trinajstić information content (AvgIpc) is 1.21. The first-order chi connectivity index (χ1) is 46.7. The number of aliphatic hydroxyl groups is 1. The predicted octanol–water partition coefficient (Wildman–Crippen LogP) is 23.0. The van der Waals surface area contributed by atoms with Crippen molar-refractivity contribution in [2.75, 3.05) is 39.6 Å². The van der Waals surface area contributed by atoms with Gasteiger partial charge in [0.2, 0.25) is 0 Å². The van der Waals surface area contributed by atoms with Gasteiger partial charge in [-0.25, -0.2) is 9.13 Å². The van der Waals surface area contributed by atoms with E-state index in [1.54, 1.807) is 0 Å². The van der Waals surface area contributed by atoms with Crippen molar-refractivity contribution in [3.8, 4) is 0 Å². The summed E-state index contributed by atoms with van der Waals surface area (Å²) in [6.07, 6.45) is 55.9. The highest BCUT2D eigenvalue weighted by molar-refractivity contribution is 7.47. The smallest absolute Gasteiger partial charge is 0.462 e. The van der Waals surface area contributed by atoms with E-state index in [-0.39, 0.29) is 25.7 Å². The zero-order chi connectivity index (χ0) is 71.6. The number of phosphoric ester groups is 2. The lowest BCUT2D eigenvalue weighted by Crippen LogP contribution is -2.30. The summed E-state index contributed by atoms with van der Waals surface area (Å²) < 4.78 is 68.5. The van der Waals surface area contributed by atoms with Crippen molar-refractivity contribution in [3.63, 3.8) is 0 Å². The molecule has 5 atom stereocenters. The van der Waals surface area contributed by atoms with Crippen LogP contribution in [0, 0.1) is 17.8 Å². The van der Waals surface area contributed by atoms with Crippen LogP contribution in [0.5, 0.6) is 0 Å². The van der Waals surface area contributed by atoms with E-state index >= 15 is 0 Å². The van der Waals surface area contributed by atoms with Gasteiger partial charge >= 0.3 is 39.5 Å². The maximum atomic E-state index is 13.1. The van der Waals surface area contributed by atoms with Gasteiger partial charge in [-0.2, -0.15) is 0 Å². The van der Waals surface area contributed by atoms with E-state index in [0.717, 1.165) is 102 Å². The SMILES string of the molecule is CCCCCCCCCCCC(=O)OC[C@H](COP(=O)(O)OC[C@H](O)COP(=O)(O)OC[C@@H](COC(=O)CCCCCCCCCCCCCCCCCC(C)C)OC(=O)CCCCCCCCCCCCCCCCCCCCC(C)C)OC(=O)CCCCCCCCC(C)C. The topological polar surface area (TPSA) is 237 Å². The Bertz CT molecular complexity index is 1890. The molecule has 19 heteroatoms. The summed E-state index contributed by atoms with van der Waals surface area (Å²) in [6.45, 7) is 11.9. The molecular formula is C78H152O17P2. The predicted molar refractivity (Wildman–Crippen MR) is 395 cm³/mol. The van der Waals surface area contributed by atoms with Crippen LogP contribution in [0.2, 0.25) is 0 Å². The Hall–Kier alpha value is -1.94. The molecule has 3 N–H and O–H groups in total. The second kappa shape index (κ2) is 68.5. The molecule has 0 aromatic carbocycles. The fraction of sp³-hybridized carbons (Fsp3) is 0.949. The number of esters is 4. The highest BCUT2D eigenvalue weighted by atomic mass is 31.2. The number of ether oxygens (including phenoxy) is 4. The van der Waals surface area contributed by atoms with Gasteiger partial charge in [-0.15, -0.1) is 0 Å². The van der Waals surface area contributed by atoms with Crippen molar-refractivity contribution in [2.24, 2.45) is 17.8 Å². The lowest BCUT2D eigenvalue weighted by molar-refractivity contribution is -0.161. The molecule has 0 bridgehead atoms. The third-order valence-corrected chi connectivity index (χ3v) is 20.0. The van der Waals surface area contributed by atoms with E-state index in [2.05, 4.69) is 48.5 Å². The number of carbonyl (C=O) groups excluding carboxylic acids is 4. The molecule has 0 radical (unpaired) electrons. The standard InChI is InChI=1S/C78H152O17P2/c1-8-9-10-11-12-30-37-45-52-59-75(80)88-66-74(95-78(83)62-55-48-41-40-44-51-58-71(6)7)68-93-97(86,87)91-64-72(79)63-90-96(84,85)92-67-73(65-89-76(81)60-53-46-38-33-28-24-21-17-19-23-27-32-36-43-50-57-70(4)5)94-77(82)61-54-47-39-34-29-25-20-16-14-13-15-18-22-26-31-35-42-49-56-69(2)3/h69-74,79H,8-68H2,1-7H3,(H,84,85)(H,86,87)/t72-,73-,74-/m1/s1. The molecule has 0 aliphatic heterocycles. The quantitative estimate of drug-likeness (QED) is 0.0222. The summed E-state index contributed by atoms with van der Waals surface area (Å²) in [5, 5.41) is 10.6. The molecule has 0 fully saturated rings. The minimum atomic E-state index is -4.96. The minimum Gasteiger partial charge on any atom is -0.462 e. The molecule has 0 rings (SSSR count). The third-order valence-electron chi connectivity index (χ3n) is 18.1. The monoisotopic (exact) mass is 1420 g/mol. The molecule has 0 saturated heterocycles. The molecule has 0 aromatic rings. The summed E-state index contributed by atoms with van der Waals surface area (Å²) in [5.41, 5.74) is 0. The van der Waals surface area contributed by atoms with Crippen molar-refractivity contribution in [3.05, 3.63) is 0 Å². The lowest BCUT2D eigenvalue weighted by atomic mass is 10.0. The summed E-state index contributed by atoms with van der Waals surface area (Å²) in [7, 11) is -9.91. The van der Waals surface area contributed by atoms with E-state index in [1.165, 1.54) is 212 Å². The van der Waals surface area contributed by atoms with Gasteiger partial charge in [0.25, 0.3) is 0 Å². The van der Waals surface area contributed by atoms with Gasteiger partial charge in [-0.1, -0.05) is 350 Å². The van der Waals surface area contributed by atoms with Crippen molar-refractivity contribution in [1.82, 2.24) is 0 Å². The van der Waals surface area contributed by atoms with Crippen LogP contribution in [-0.4, -0.2) is 96.7 Å². The second-order valence-electron chi connectivity index (χ2n) is 29.5. The van der Waals surface area contributed by atoms with Crippen LogP contribution in [0.1, 0.15) is 402 Å². The molecule has 576 valence electrons. The van der Waals surface area contributed by atoms with Gasteiger partial charge in [0, 0.05) is 25.7 Å². The molecule has 0 aliphatic rings. The van der Waals surface area contributed by atoms with Gasteiger partial charge in [0.05, 0.1) is 26.4 Å². The molecule has 0 aliphatic carbocycles. The van der Waals surface area contributed by atoms with Crippen LogP contribution in [0.4, 0.5) is 0 Å². The Kier molecular flexibility index (Phi) is 67.1. The minimum absolute atomic E-state index is 0.102. The molecule has 2 unspecified atom stereocenters. The summed E-state index contributed by atoms with van der Waals surface area (Å²) in [5.74, 6) is 0.175. The van der Waals surface area contributed by atoms with Crippen molar-refractivity contribution in [1.29, 1.82) is 0 Å². The van der Waals surface area contributed by atoms with E-state index in [4.69, 9.17) is 37.0 Å². The number of rotatable bonds is 76. The molecule has 0 amide bonds. The average molecular weight is 1420 g/mol. The maximum Gasteiger partial charge on any atom is 0.472 e.